The summed E-state index contributed by atoms with van der Waals surface area (Å²) in [6, 6.07) is 35.1. The summed E-state index contributed by atoms with van der Waals surface area (Å²) in [7, 11) is 0. The number of hydrogen-bond donors (Lipinski definition) is 2. The molecular formula is C31H26N2. The maximum Gasteiger partial charge on any atom is 0.0497 e. The van der Waals surface area contributed by atoms with Gasteiger partial charge in [-0.2, -0.15) is 0 Å². The lowest BCUT2D eigenvalue weighted by atomic mass is 9.84. The molecule has 0 spiro atoms. The minimum Gasteiger partial charge on any atom is -0.361 e. The molecule has 0 amide bonds. The fourth-order valence-electron chi connectivity index (χ4n) is 4.99. The van der Waals surface area contributed by atoms with Crippen LogP contribution in [-0.2, 0) is 0 Å². The minimum absolute atomic E-state index is 0.0993. The molecular weight excluding hydrogens is 400 g/mol. The lowest BCUT2D eigenvalue weighted by Crippen LogP contribution is -2.05. The Bertz CT molecular complexity index is 1520. The molecule has 0 fully saturated rings. The van der Waals surface area contributed by atoms with Crippen molar-refractivity contribution < 1.29 is 0 Å². The molecule has 0 bridgehead atoms. The Balaban J connectivity index is 1.68. The summed E-state index contributed by atoms with van der Waals surface area (Å²) in [5, 5.41) is 2.50. The van der Waals surface area contributed by atoms with E-state index in [0.29, 0.717) is 0 Å². The molecule has 2 N–H and O–H groups in total. The van der Waals surface area contributed by atoms with Crippen molar-refractivity contribution in [3.63, 3.8) is 0 Å². The van der Waals surface area contributed by atoms with Gasteiger partial charge in [-0.1, -0.05) is 96.1 Å². The molecule has 0 atom stereocenters. The molecule has 6 rings (SSSR count). The van der Waals surface area contributed by atoms with Crippen LogP contribution in [0, 0.1) is 13.8 Å². The predicted molar refractivity (Wildman–Crippen MR) is 139 cm³/mol. The highest BCUT2D eigenvalue weighted by Gasteiger charge is 2.25. The van der Waals surface area contributed by atoms with Crippen LogP contribution in [0.25, 0.3) is 32.9 Å². The zero-order valence-electron chi connectivity index (χ0n) is 18.9. The largest absolute Gasteiger partial charge is 0.361 e. The Labute approximate surface area is 193 Å². The van der Waals surface area contributed by atoms with Gasteiger partial charge in [0.2, 0.25) is 0 Å². The second-order valence-electron chi connectivity index (χ2n) is 8.96. The molecule has 0 radical (unpaired) electrons. The molecule has 2 aromatic heterocycles. The average molecular weight is 427 g/mol. The van der Waals surface area contributed by atoms with Crippen molar-refractivity contribution in [2.75, 3.05) is 0 Å². The van der Waals surface area contributed by atoms with Gasteiger partial charge in [-0.15, -0.1) is 0 Å². The first-order valence-corrected chi connectivity index (χ1v) is 11.5. The third-order valence-electron chi connectivity index (χ3n) is 6.70. The fraction of sp³-hybridized carbons (Fsp3) is 0.0968. The van der Waals surface area contributed by atoms with Gasteiger partial charge in [0.1, 0.15) is 0 Å². The number of aromatic amines is 2. The zero-order valence-corrected chi connectivity index (χ0v) is 18.9. The second-order valence-corrected chi connectivity index (χ2v) is 8.96. The van der Waals surface area contributed by atoms with Crippen LogP contribution >= 0.6 is 0 Å². The van der Waals surface area contributed by atoms with E-state index in [2.05, 4.69) is 127 Å². The van der Waals surface area contributed by atoms with Crippen molar-refractivity contribution in [3.05, 3.63) is 131 Å². The summed E-state index contributed by atoms with van der Waals surface area (Å²) in [4.78, 5) is 7.32. The van der Waals surface area contributed by atoms with Crippen molar-refractivity contribution in [3.8, 4) is 11.1 Å². The highest BCUT2D eigenvalue weighted by atomic mass is 14.7. The highest BCUT2D eigenvalue weighted by Crippen LogP contribution is 2.43. The van der Waals surface area contributed by atoms with Crippen LogP contribution < -0.4 is 0 Å². The summed E-state index contributed by atoms with van der Waals surface area (Å²) in [6.07, 6.45) is 2.16. The van der Waals surface area contributed by atoms with E-state index in [9.17, 15) is 0 Å². The van der Waals surface area contributed by atoms with Crippen LogP contribution in [0.2, 0.25) is 0 Å². The van der Waals surface area contributed by atoms with E-state index in [0.717, 1.165) is 11.0 Å². The van der Waals surface area contributed by atoms with Crippen molar-refractivity contribution in [2.45, 2.75) is 19.8 Å². The van der Waals surface area contributed by atoms with Crippen LogP contribution in [0.4, 0.5) is 0 Å². The standard InChI is InChI=1S/C31H26N2/c1-20-11-15-22(16-12-20)29(23-17-13-21(2)14-18-23)31-30(25-8-4-6-10-28(25)33-31)26-19-32-27-9-5-3-7-24(26)27/h3-19,29,32-33H,1-2H3. The number of aromatic nitrogens is 2. The Hall–Kier alpha value is -4.04. The molecule has 6 aromatic rings. The summed E-state index contributed by atoms with van der Waals surface area (Å²) < 4.78 is 0. The molecule has 2 heterocycles. The molecule has 0 saturated carbocycles. The first-order chi connectivity index (χ1) is 16.2. The van der Waals surface area contributed by atoms with Gasteiger partial charge in [0.25, 0.3) is 0 Å². The Morgan fingerprint density at radius 2 is 1.12 bits per heavy atom. The zero-order chi connectivity index (χ0) is 22.4. The van der Waals surface area contributed by atoms with E-state index in [1.54, 1.807) is 0 Å². The highest BCUT2D eigenvalue weighted by molar-refractivity contribution is 6.06. The molecule has 33 heavy (non-hydrogen) atoms. The van der Waals surface area contributed by atoms with Crippen molar-refractivity contribution in [2.24, 2.45) is 0 Å². The molecule has 4 aromatic carbocycles. The summed E-state index contributed by atoms with van der Waals surface area (Å²) in [5.74, 6) is 0.0993. The van der Waals surface area contributed by atoms with Crippen LogP contribution in [0.1, 0.15) is 33.9 Å². The van der Waals surface area contributed by atoms with Gasteiger partial charge in [0, 0.05) is 50.7 Å². The van der Waals surface area contributed by atoms with Gasteiger partial charge in [0.05, 0.1) is 0 Å². The number of hydrogen-bond acceptors (Lipinski definition) is 0. The molecule has 0 unspecified atom stereocenters. The van der Waals surface area contributed by atoms with E-state index < -0.39 is 0 Å². The third kappa shape index (κ3) is 3.35. The van der Waals surface area contributed by atoms with Gasteiger partial charge in [-0.3, -0.25) is 0 Å². The molecule has 0 aliphatic rings. The SMILES string of the molecule is Cc1ccc(C(c2ccc(C)cc2)c2[nH]c3ccccc3c2-c2c[nH]c3ccccc23)cc1. The summed E-state index contributed by atoms with van der Waals surface area (Å²) >= 11 is 0. The number of rotatable bonds is 4. The second kappa shape index (κ2) is 7.83. The fourth-order valence-corrected chi connectivity index (χ4v) is 4.99. The van der Waals surface area contributed by atoms with Crippen LogP contribution in [0.5, 0.6) is 0 Å². The van der Waals surface area contributed by atoms with Crippen molar-refractivity contribution >= 4 is 21.8 Å². The van der Waals surface area contributed by atoms with Gasteiger partial charge in [-0.25, -0.2) is 0 Å². The van der Waals surface area contributed by atoms with E-state index in [1.807, 2.05) is 0 Å². The van der Waals surface area contributed by atoms with E-state index >= 15 is 0 Å². The summed E-state index contributed by atoms with van der Waals surface area (Å²) in [6.45, 7) is 4.29. The van der Waals surface area contributed by atoms with Gasteiger partial charge < -0.3 is 9.97 Å². The monoisotopic (exact) mass is 426 g/mol. The third-order valence-corrected chi connectivity index (χ3v) is 6.70. The van der Waals surface area contributed by atoms with Crippen LogP contribution in [0.15, 0.2) is 103 Å². The lowest BCUT2D eigenvalue weighted by molar-refractivity contribution is 0.939. The van der Waals surface area contributed by atoms with E-state index in [-0.39, 0.29) is 5.92 Å². The average Bonchev–Trinajstić information content (AvgIpc) is 3.43. The summed E-state index contributed by atoms with van der Waals surface area (Å²) in [5.41, 5.74) is 11.2. The smallest absolute Gasteiger partial charge is 0.0497 e. The first-order valence-electron chi connectivity index (χ1n) is 11.5. The Morgan fingerprint density at radius 1 is 0.576 bits per heavy atom. The number of benzene rings is 4. The van der Waals surface area contributed by atoms with Crippen LogP contribution in [-0.4, -0.2) is 9.97 Å². The number of aryl methyl sites for hydroxylation is 2. The number of para-hydroxylation sites is 2. The molecule has 160 valence electrons. The number of nitrogens with one attached hydrogen (secondary N) is 2. The molecule has 2 heteroatoms. The lowest BCUT2D eigenvalue weighted by Gasteiger charge is -2.20. The van der Waals surface area contributed by atoms with Gasteiger partial charge in [0.15, 0.2) is 0 Å². The maximum absolute atomic E-state index is 3.83. The quantitative estimate of drug-likeness (QED) is 0.285. The predicted octanol–water partition coefficient (Wildman–Crippen LogP) is 8.11. The Kier molecular flexibility index (Phi) is 4.66. The topological polar surface area (TPSA) is 31.6 Å². The van der Waals surface area contributed by atoms with Gasteiger partial charge in [-0.05, 0) is 37.1 Å². The van der Waals surface area contributed by atoms with Crippen molar-refractivity contribution in [1.82, 2.24) is 9.97 Å². The first kappa shape index (κ1) is 19.6. The number of fused-ring (bicyclic) bond motifs is 2. The van der Waals surface area contributed by atoms with Crippen molar-refractivity contribution in [1.29, 1.82) is 0 Å². The molecule has 0 aliphatic heterocycles. The molecule has 0 aliphatic carbocycles. The van der Waals surface area contributed by atoms with E-state index in [1.165, 1.54) is 49.8 Å². The van der Waals surface area contributed by atoms with Crippen LogP contribution in [0.3, 0.4) is 0 Å². The molecule has 2 nitrogen and oxygen atoms in total. The molecule has 0 saturated heterocycles. The minimum atomic E-state index is 0.0993. The maximum atomic E-state index is 3.83. The number of H-pyrrole nitrogens is 2. The van der Waals surface area contributed by atoms with E-state index in [4.69, 9.17) is 0 Å². The Morgan fingerprint density at radius 3 is 1.76 bits per heavy atom. The van der Waals surface area contributed by atoms with Gasteiger partial charge >= 0.3 is 0 Å². The normalized spacial score (nSPS) is 11.6.